The summed E-state index contributed by atoms with van der Waals surface area (Å²) in [6.07, 6.45) is 2.97. The van der Waals surface area contributed by atoms with Gasteiger partial charge in [0, 0.05) is 5.69 Å². The smallest absolute Gasteiger partial charge is 0.320 e. The van der Waals surface area contributed by atoms with Crippen molar-refractivity contribution in [1.29, 1.82) is 0 Å². The van der Waals surface area contributed by atoms with E-state index < -0.39 is 18.5 Å². The fraction of sp³-hybridized carbons (Fsp3) is 0.150. The van der Waals surface area contributed by atoms with E-state index in [0.29, 0.717) is 16.7 Å². The van der Waals surface area contributed by atoms with Crippen molar-refractivity contribution in [2.75, 3.05) is 0 Å². The Morgan fingerprint density at radius 2 is 1.79 bits per heavy atom. The van der Waals surface area contributed by atoms with Gasteiger partial charge in [-0.3, -0.25) is 13.9 Å². The van der Waals surface area contributed by atoms with Gasteiger partial charge in [0.15, 0.2) is 0 Å². The molecule has 1 atom stereocenters. The largest absolute Gasteiger partial charge is 0.341 e. The average molecular weight is 381 g/mol. The minimum absolute atomic E-state index is 0.0929. The summed E-state index contributed by atoms with van der Waals surface area (Å²) in [5.74, 6) is -0.336. The van der Waals surface area contributed by atoms with E-state index in [2.05, 4.69) is 15.3 Å². The number of hydrogen-bond donors (Lipinski definition) is 1. The number of carbonyl (C=O) groups is 1. The van der Waals surface area contributed by atoms with Gasteiger partial charge in [-0.25, -0.2) is 9.97 Å². The van der Waals surface area contributed by atoms with Crippen LogP contribution in [0.5, 0.6) is 0 Å². The summed E-state index contributed by atoms with van der Waals surface area (Å²) in [7, 11) is 0. The molecule has 28 heavy (non-hydrogen) atoms. The first-order valence-corrected chi connectivity index (χ1v) is 8.70. The number of hydrogen-bond acceptors (Lipinski definition) is 3. The quantitative estimate of drug-likeness (QED) is 0.566. The molecule has 1 amide bonds. The molecule has 2 aromatic heterocycles. The zero-order chi connectivity index (χ0) is 19.7. The number of rotatable bonds is 5. The average Bonchev–Trinajstić information content (AvgIpc) is 3.33. The Morgan fingerprint density at radius 3 is 2.54 bits per heavy atom. The van der Waals surface area contributed by atoms with Gasteiger partial charge in [-0.15, -0.1) is 0 Å². The number of amides is 1. The third-order valence-electron chi connectivity index (χ3n) is 4.46. The van der Waals surface area contributed by atoms with Crippen molar-refractivity contribution in [2.24, 2.45) is 0 Å². The number of carbonyl (C=O) groups excluding carboxylic acids is 1. The van der Waals surface area contributed by atoms with Crippen LogP contribution in [0.3, 0.4) is 0 Å². The first-order chi connectivity index (χ1) is 13.6. The molecular formula is C20H17F2N5O. The molecule has 2 heterocycles. The summed E-state index contributed by atoms with van der Waals surface area (Å²) in [4.78, 5) is 21.1. The number of aromatic nitrogens is 4. The van der Waals surface area contributed by atoms with Crippen LogP contribution in [0.2, 0.25) is 0 Å². The molecule has 2 aromatic carbocycles. The molecule has 1 N–H and O–H groups in total. The van der Waals surface area contributed by atoms with E-state index in [1.54, 1.807) is 35.8 Å². The molecule has 4 aromatic rings. The van der Waals surface area contributed by atoms with Crippen LogP contribution in [-0.2, 0) is 0 Å². The molecule has 0 radical (unpaired) electrons. The summed E-state index contributed by atoms with van der Waals surface area (Å²) in [6, 6.07) is 15.2. The summed E-state index contributed by atoms with van der Waals surface area (Å²) >= 11 is 0. The van der Waals surface area contributed by atoms with E-state index in [4.69, 9.17) is 0 Å². The van der Waals surface area contributed by atoms with Gasteiger partial charge in [0.1, 0.15) is 11.5 Å². The maximum Gasteiger partial charge on any atom is 0.320 e. The van der Waals surface area contributed by atoms with Gasteiger partial charge in [-0.1, -0.05) is 30.3 Å². The molecule has 6 nitrogen and oxygen atoms in total. The van der Waals surface area contributed by atoms with Gasteiger partial charge in [-0.05, 0) is 31.2 Å². The molecule has 0 saturated heterocycles. The number of para-hydroxylation sites is 3. The maximum atomic E-state index is 13.6. The number of alkyl halides is 2. The SMILES string of the molecule is C[C@@H](NC(=O)c1cncn1-c1ccccc1)c1nc2ccccc2n1C(F)F. The molecule has 0 saturated carbocycles. The fourth-order valence-electron chi connectivity index (χ4n) is 3.17. The van der Waals surface area contributed by atoms with Crippen molar-refractivity contribution in [2.45, 2.75) is 19.5 Å². The Hall–Kier alpha value is -3.55. The Labute approximate surface area is 159 Å². The maximum absolute atomic E-state index is 13.6. The predicted octanol–water partition coefficient (Wildman–Crippen LogP) is 4.11. The second kappa shape index (κ2) is 7.22. The van der Waals surface area contributed by atoms with Crippen LogP contribution in [0, 0.1) is 0 Å². The topological polar surface area (TPSA) is 64.7 Å². The molecule has 0 bridgehead atoms. The van der Waals surface area contributed by atoms with Crippen LogP contribution >= 0.6 is 0 Å². The summed E-state index contributed by atoms with van der Waals surface area (Å²) in [6.45, 7) is -1.14. The van der Waals surface area contributed by atoms with E-state index in [1.165, 1.54) is 12.5 Å². The molecule has 0 aliphatic carbocycles. The summed E-state index contributed by atoms with van der Waals surface area (Å²) in [5, 5.41) is 2.75. The number of halogens is 2. The fourth-order valence-corrected chi connectivity index (χ4v) is 3.17. The Balaban J connectivity index is 1.64. The highest BCUT2D eigenvalue weighted by molar-refractivity contribution is 5.93. The lowest BCUT2D eigenvalue weighted by Crippen LogP contribution is -2.30. The van der Waals surface area contributed by atoms with E-state index in [1.807, 2.05) is 30.3 Å². The Kier molecular flexibility index (Phi) is 4.60. The lowest BCUT2D eigenvalue weighted by molar-refractivity contribution is 0.0687. The zero-order valence-corrected chi connectivity index (χ0v) is 15.0. The van der Waals surface area contributed by atoms with Crippen LogP contribution in [0.25, 0.3) is 16.7 Å². The first kappa shape index (κ1) is 17.8. The highest BCUT2D eigenvalue weighted by atomic mass is 19.3. The molecule has 142 valence electrons. The van der Waals surface area contributed by atoms with Gasteiger partial charge < -0.3 is 5.32 Å². The minimum atomic E-state index is -2.77. The number of fused-ring (bicyclic) bond motifs is 1. The normalized spacial score (nSPS) is 12.4. The first-order valence-electron chi connectivity index (χ1n) is 8.70. The Bertz CT molecular complexity index is 1120. The molecular weight excluding hydrogens is 364 g/mol. The second-order valence-electron chi connectivity index (χ2n) is 6.29. The highest BCUT2D eigenvalue weighted by Gasteiger charge is 2.24. The molecule has 0 aliphatic heterocycles. The van der Waals surface area contributed by atoms with Gasteiger partial charge in [0.05, 0.1) is 29.6 Å². The van der Waals surface area contributed by atoms with Gasteiger partial charge >= 0.3 is 6.55 Å². The van der Waals surface area contributed by atoms with E-state index >= 15 is 0 Å². The third-order valence-corrected chi connectivity index (χ3v) is 4.46. The van der Waals surface area contributed by atoms with Crippen LogP contribution in [-0.4, -0.2) is 25.0 Å². The predicted molar refractivity (Wildman–Crippen MR) is 100 cm³/mol. The number of nitrogens with one attached hydrogen (secondary N) is 1. The summed E-state index contributed by atoms with van der Waals surface area (Å²) in [5.41, 5.74) is 1.85. The van der Waals surface area contributed by atoms with Crippen LogP contribution < -0.4 is 5.32 Å². The Morgan fingerprint density at radius 1 is 1.07 bits per heavy atom. The van der Waals surface area contributed by atoms with Crippen molar-refractivity contribution in [3.8, 4) is 5.69 Å². The zero-order valence-electron chi connectivity index (χ0n) is 15.0. The van der Waals surface area contributed by atoms with E-state index in [9.17, 15) is 13.6 Å². The number of imidazole rings is 2. The molecule has 0 spiro atoms. The molecule has 0 aliphatic rings. The van der Waals surface area contributed by atoms with Crippen molar-refractivity contribution >= 4 is 16.9 Å². The standard InChI is InChI=1S/C20H17F2N5O/c1-13(18-25-15-9-5-6-10-16(15)27(18)20(21)22)24-19(28)17-11-23-12-26(17)14-7-3-2-4-8-14/h2-13,20H,1H3,(H,24,28)/t13-/m1/s1. The molecule has 0 fully saturated rings. The van der Waals surface area contributed by atoms with E-state index in [-0.39, 0.29) is 5.82 Å². The molecule has 8 heteroatoms. The highest BCUT2D eigenvalue weighted by Crippen LogP contribution is 2.26. The van der Waals surface area contributed by atoms with Gasteiger partial charge in [0.2, 0.25) is 0 Å². The van der Waals surface area contributed by atoms with Crippen molar-refractivity contribution in [3.63, 3.8) is 0 Å². The minimum Gasteiger partial charge on any atom is -0.341 e. The second-order valence-corrected chi connectivity index (χ2v) is 6.29. The monoisotopic (exact) mass is 381 g/mol. The lowest BCUT2D eigenvalue weighted by Gasteiger charge is -2.16. The van der Waals surface area contributed by atoms with Crippen molar-refractivity contribution in [3.05, 3.63) is 78.6 Å². The number of benzene rings is 2. The van der Waals surface area contributed by atoms with Gasteiger partial charge in [-0.2, -0.15) is 8.78 Å². The number of nitrogens with zero attached hydrogens (tertiary/aromatic N) is 4. The van der Waals surface area contributed by atoms with E-state index in [0.717, 1.165) is 10.3 Å². The lowest BCUT2D eigenvalue weighted by atomic mass is 10.2. The summed E-state index contributed by atoms with van der Waals surface area (Å²) < 4.78 is 29.8. The molecule has 0 unspecified atom stereocenters. The van der Waals surface area contributed by atoms with Crippen LogP contribution in [0.15, 0.2) is 67.1 Å². The van der Waals surface area contributed by atoms with Crippen LogP contribution in [0.1, 0.15) is 35.8 Å². The van der Waals surface area contributed by atoms with Crippen molar-refractivity contribution in [1.82, 2.24) is 24.4 Å². The molecule has 4 rings (SSSR count). The van der Waals surface area contributed by atoms with Crippen LogP contribution in [0.4, 0.5) is 8.78 Å². The van der Waals surface area contributed by atoms with Gasteiger partial charge in [0.25, 0.3) is 5.91 Å². The van der Waals surface area contributed by atoms with Crippen molar-refractivity contribution < 1.29 is 13.6 Å². The third kappa shape index (κ3) is 3.13.